The molecule has 3 N–H and O–H groups in total. The average Bonchev–Trinajstić information content (AvgIpc) is 3.47. The van der Waals surface area contributed by atoms with Gasteiger partial charge in [-0.25, -0.2) is 4.98 Å². The van der Waals surface area contributed by atoms with Crippen molar-refractivity contribution in [2.24, 2.45) is 12.8 Å². The molecule has 0 aliphatic rings. The lowest BCUT2D eigenvalue weighted by atomic mass is 10.0. The molecule has 32 heavy (non-hydrogen) atoms. The van der Waals surface area contributed by atoms with Gasteiger partial charge in [-0.15, -0.1) is 0 Å². The van der Waals surface area contributed by atoms with Gasteiger partial charge in [0, 0.05) is 60.3 Å². The third kappa shape index (κ3) is 3.27. The maximum atomic E-state index is 11.7. The number of pyridine rings is 1. The second-order valence-electron chi connectivity index (χ2n) is 7.48. The summed E-state index contributed by atoms with van der Waals surface area (Å²) in [6.45, 7) is 0. The van der Waals surface area contributed by atoms with E-state index in [1.807, 2.05) is 54.3 Å². The summed E-state index contributed by atoms with van der Waals surface area (Å²) in [5.41, 5.74) is 11.1. The standard InChI is InChI=1S/C24H21N7O/c1-26-20-10-15(6-7-19(20)24(25)32)23-18-4-3-5-22(17(18)8-9-27-23)31-13-21(28-14-31)16-11-29-30(2)12-16/h3-14,26H,1-2H3,(H2,25,32). The number of fused-ring (bicyclic) bond motifs is 1. The molecule has 0 radical (unpaired) electrons. The highest BCUT2D eigenvalue weighted by atomic mass is 16.1. The second kappa shape index (κ2) is 7.66. The quantitative estimate of drug-likeness (QED) is 0.449. The Balaban J connectivity index is 1.63. The Hall–Kier alpha value is -4.46. The molecule has 0 fully saturated rings. The van der Waals surface area contributed by atoms with Gasteiger partial charge < -0.3 is 15.6 Å². The molecule has 3 heterocycles. The van der Waals surface area contributed by atoms with Crippen LogP contribution < -0.4 is 11.1 Å². The summed E-state index contributed by atoms with van der Waals surface area (Å²) in [5.74, 6) is -0.474. The van der Waals surface area contributed by atoms with Crippen molar-refractivity contribution < 1.29 is 4.79 Å². The van der Waals surface area contributed by atoms with Gasteiger partial charge >= 0.3 is 0 Å². The van der Waals surface area contributed by atoms with Gasteiger partial charge in [0.1, 0.15) is 0 Å². The van der Waals surface area contributed by atoms with Crippen LogP contribution in [0, 0.1) is 0 Å². The molecule has 0 aliphatic carbocycles. The lowest BCUT2D eigenvalue weighted by molar-refractivity contribution is 0.100. The Kier molecular flexibility index (Phi) is 4.67. The predicted molar refractivity (Wildman–Crippen MR) is 125 cm³/mol. The summed E-state index contributed by atoms with van der Waals surface area (Å²) in [7, 11) is 3.65. The van der Waals surface area contributed by atoms with E-state index < -0.39 is 5.91 Å². The minimum Gasteiger partial charge on any atom is -0.387 e. The first kappa shape index (κ1) is 19.5. The van der Waals surface area contributed by atoms with Crippen LogP contribution in [0.3, 0.4) is 0 Å². The predicted octanol–water partition coefficient (Wildman–Crippen LogP) is 3.63. The molecule has 8 nitrogen and oxygen atoms in total. The molecular formula is C24H21N7O. The van der Waals surface area contributed by atoms with Crippen LogP contribution in [0.4, 0.5) is 5.69 Å². The van der Waals surface area contributed by atoms with Crippen LogP contribution in [-0.2, 0) is 7.05 Å². The molecule has 5 rings (SSSR count). The van der Waals surface area contributed by atoms with Crippen LogP contribution >= 0.6 is 0 Å². The number of nitrogens with one attached hydrogen (secondary N) is 1. The Morgan fingerprint density at radius 1 is 1.03 bits per heavy atom. The number of rotatable bonds is 5. The van der Waals surface area contributed by atoms with Gasteiger partial charge in [-0.2, -0.15) is 5.10 Å². The first-order valence-electron chi connectivity index (χ1n) is 10.1. The van der Waals surface area contributed by atoms with Crippen molar-refractivity contribution in [2.45, 2.75) is 0 Å². The van der Waals surface area contributed by atoms with Gasteiger partial charge in [-0.1, -0.05) is 18.2 Å². The molecular weight excluding hydrogens is 402 g/mol. The summed E-state index contributed by atoms with van der Waals surface area (Å²) in [6.07, 6.45) is 9.32. The highest BCUT2D eigenvalue weighted by Gasteiger charge is 2.14. The van der Waals surface area contributed by atoms with Gasteiger partial charge in [0.25, 0.3) is 5.91 Å². The molecule has 0 saturated carbocycles. The number of amides is 1. The number of nitrogens with zero attached hydrogens (tertiary/aromatic N) is 5. The Labute approximate surface area is 184 Å². The summed E-state index contributed by atoms with van der Waals surface area (Å²) in [5, 5.41) is 9.31. The average molecular weight is 423 g/mol. The van der Waals surface area contributed by atoms with Crippen LogP contribution in [-0.4, -0.2) is 37.3 Å². The maximum Gasteiger partial charge on any atom is 0.250 e. The van der Waals surface area contributed by atoms with Crippen molar-refractivity contribution in [3.8, 4) is 28.2 Å². The molecule has 3 aromatic heterocycles. The monoisotopic (exact) mass is 423 g/mol. The molecule has 5 aromatic rings. The molecule has 158 valence electrons. The molecule has 8 heteroatoms. The highest BCUT2D eigenvalue weighted by molar-refractivity contribution is 6.02. The van der Waals surface area contributed by atoms with Gasteiger partial charge in [-0.05, 0) is 24.3 Å². The number of imidazole rings is 1. The molecule has 0 bridgehead atoms. The van der Waals surface area contributed by atoms with Crippen LogP contribution in [0.5, 0.6) is 0 Å². The third-order valence-electron chi connectivity index (χ3n) is 5.47. The van der Waals surface area contributed by atoms with E-state index in [9.17, 15) is 4.79 Å². The molecule has 1 amide bonds. The molecule has 0 aliphatic heterocycles. The molecule has 0 spiro atoms. The first-order chi connectivity index (χ1) is 15.5. The fraction of sp³-hybridized carbons (Fsp3) is 0.0833. The Morgan fingerprint density at radius 2 is 1.91 bits per heavy atom. The molecule has 0 saturated heterocycles. The number of benzene rings is 2. The number of primary amides is 1. The van der Waals surface area contributed by atoms with Gasteiger partial charge in [0.15, 0.2) is 0 Å². The first-order valence-corrected chi connectivity index (χ1v) is 10.1. The van der Waals surface area contributed by atoms with Crippen molar-refractivity contribution in [3.05, 3.63) is 79.1 Å². The normalized spacial score (nSPS) is 11.1. The Bertz CT molecular complexity index is 1460. The largest absolute Gasteiger partial charge is 0.387 e. The molecule has 0 atom stereocenters. The zero-order valence-corrected chi connectivity index (χ0v) is 17.6. The summed E-state index contributed by atoms with van der Waals surface area (Å²) < 4.78 is 3.76. The third-order valence-corrected chi connectivity index (χ3v) is 5.47. The lowest BCUT2D eigenvalue weighted by Crippen LogP contribution is -2.13. The zero-order chi connectivity index (χ0) is 22.2. The maximum absolute atomic E-state index is 11.7. The van der Waals surface area contributed by atoms with E-state index in [-0.39, 0.29) is 0 Å². The lowest BCUT2D eigenvalue weighted by Gasteiger charge is -2.13. The second-order valence-corrected chi connectivity index (χ2v) is 7.48. The van der Waals surface area contributed by atoms with Gasteiger partial charge in [-0.3, -0.25) is 14.5 Å². The number of anilines is 1. The van der Waals surface area contributed by atoms with Crippen molar-refractivity contribution >= 4 is 22.4 Å². The number of aromatic nitrogens is 5. The van der Waals surface area contributed by atoms with Gasteiger partial charge in [0.05, 0.1) is 35.2 Å². The number of nitrogens with two attached hydrogens (primary N) is 1. The zero-order valence-electron chi connectivity index (χ0n) is 17.6. The van der Waals surface area contributed by atoms with Crippen LogP contribution in [0.25, 0.3) is 39.0 Å². The summed E-state index contributed by atoms with van der Waals surface area (Å²) in [6, 6.07) is 13.6. The van der Waals surface area contributed by atoms with E-state index in [2.05, 4.69) is 26.4 Å². The highest BCUT2D eigenvalue weighted by Crippen LogP contribution is 2.32. The fourth-order valence-electron chi connectivity index (χ4n) is 3.92. The summed E-state index contributed by atoms with van der Waals surface area (Å²) >= 11 is 0. The Morgan fingerprint density at radius 3 is 2.66 bits per heavy atom. The van der Waals surface area contributed by atoms with E-state index >= 15 is 0 Å². The van der Waals surface area contributed by atoms with E-state index in [0.29, 0.717) is 11.3 Å². The van der Waals surface area contributed by atoms with Crippen molar-refractivity contribution in [1.29, 1.82) is 0 Å². The van der Waals surface area contributed by atoms with Crippen molar-refractivity contribution in [2.75, 3.05) is 12.4 Å². The topological polar surface area (TPSA) is 104 Å². The minimum absolute atomic E-state index is 0.443. The fourth-order valence-corrected chi connectivity index (χ4v) is 3.92. The van der Waals surface area contributed by atoms with Crippen LogP contribution in [0.1, 0.15) is 10.4 Å². The minimum atomic E-state index is -0.474. The molecule has 0 unspecified atom stereocenters. The number of carbonyl (C=O) groups is 1. The van der Waals surface area contributed by atoms with E-state index in [4.69, 9.17) is 5.73 Å². The number of hydrogen-bond acceptors (Lipinski definition) is 5. The number of aryl methyl sites for hydroxylation is 1. The van der Waals surface area contributed by atoms with E-state index in [1.54, 1.807) is 36.5 Å². The van der Waals surface area contributed by atoms with Gasteiger partial charge in [0.2, 0.25) is 0 Å². The van der Waals surface area contributed by atoms with Crippen LogP contribution in [0.15, 0.2) is 73.6 Å². The van der Waals surface area contributed by atoms with E-state index in [1.165, 1.54) is 0 Å². The SMILES string of the molecule is CNc1cc(-c2nccc3c(-n4cnc(-c5cnn(C)c5)c4)cccc23)ccc1C(N)=O. The smallest absolute Gasteiger partial charge is 0.250 e. The summed E-state index contributed by atoms with van der Waals surface area (Å²) in [4.78, 5) is 20.9. The van der Waals surface area contributed by atoms with Crippen LogP contribution in [0.2, 0.25) is 0 Å². The van der Waals surface area contributed by atoms with Crippen molar-refractivity contribution in [3.63, 3.8) is 0 Å². The van der Waals surface area contributed by atoms with Crippen molar-refractivity contribution in [1.82, 2.24) is 24.3 Å². The van der Waals surface area contributed by atoms with E-state index in [0.717, 1.165) is 39.0 Å². The number of carbonyl (C=O) groups excluding carboxylic acids is 1. The molecule has 2 aromatic carbocycles. The number of hydrogen-bond donors (Lipinski definition) is 2.